The molecule has 4 rings (SSSR count). The minimum Gasteiger partial charge on any atom is -0.505 e. The molecule has 0 radical (unpaired) electrons. The molecule has 1 N–H and O–H groups in total. The number of methoxy groups -OCH3 is 1. The third-order valence-electron chi connectivity index (χ3n) is 5.36. The number of ether oxygens (including phenoxy) is 1. The fraction of sp³-hybridized carbons (Fsp3) is 0.200. The van der Waals surface area contributed by atoms with Crippen molar-refractivity contribution in [3.63, 3.8) is 0 Å². The third kappa shape index (κ3) is 3.79. The molecule has 146 valence electrons. The van der Waals surface area contributed by atoms with E-state index in [-0.39, 0.29) is 11.7 Å². The Morgan fingerprint density at radius 1 is 1.00 bits per heavy atom. The molecule has 1 unspecified atom stereocenters. The van der Waals surface area contributed by atoms with E-state index in [0.717, 1.165) is 39.2 Å². The molecular formula is C25H24N2O2. The SMILES string of the molecule is COc1cc(C(Cc2ccccn2)c2ccc3ccc(C)nc3c2O)ccc1C. The Kier molecular flexibility index (Phi) is 5.17. The van der Waals surface area contributed by atoms with Gasteiger partial charge in [-0.3, -0.25) is 4.98 Å². The van der Waals surface area contributed by atoms with E-state index < -0.39 is 0 Å². The average molecular weight is 384 g/mol. The van der Waals surface area contributed by atoms with Crippen LogP contribution >= 0.6 is 0 Å². The number of aromatic hydroxyl groups is 1. The van der Waals surface area contributed by atoms with Crippen molar-refractivity contribution in [1.82, 2.24) is 9.97 Å². The first kappa shape index (κ1) is 18.9. The second-order valence-electron chi connectivity index (χ2n) is 7.33. The summed E-state index contributed by atoms with van der Waals surface area (Å²) in [6.07, 6.45) is 2.46. The second kappa shape index (κ2) is 7.92. The van der Waals surface area contributed by atoms with Gasteiger partial charge < -0.3 is 9.84 Å². The lowest BCUT2D eigenvalue weighted by Gasteiger charge is -2.21. The van der Waals surface area contributed by atoms with E-state index in [1.807, 2.05) is 56.3 Å². The number of nitrogens with zero attached hydrogens (tertiary/aromatic N) is 2. The van der Waals surface area contributed by atoms with E-state index >= 15 is 0 Å². The van der Waals surface area contributed by atoms with Crippen molar-refractivity contribution in [2.75, 3.05) is 7.11 Å². The van der Waals surface area contributed by atoms with E-state index in [2.05, 4.69) is 28.2 Å². The van der Waals surface area contributed by atoms with Gasteiger partial charge in [-0.25, -0.2) is 4.98 Å². The summed E-state index contributed by atoms with van der Waals surface area (Å²) in [6.45, 7) is 3.96. The van der Waals surface area contributed by atoms with Crippen LogP contribution in [0.1, 0.15) is 34.0 Å². The first-order valence-corrected chi connectivity index (χ1v) is 9.70. The van der Waals surface area contributed by atoms with Gasteiger partial charge in [-0.15, -0.1) is 0 Å². The van der Waals surface area contributed by atoms with Crippen molar-refractivity contribution in [3.8, 4) is 11.5 Å². The van der Waals surface area contributed by atoms with Crippen molar-refractivity contribution in [2.24, 2.45) is 0 Å². The molecule has 0 aliphatic carbocycles. The highest BCUT2D eigenvalue weighted by atomic mass is 16.5. The highest BCUT2D eigenvalue weighted by molar-refractivity contribution is 5.86. The minimum absolute atomic E-state index is 0.0777. The predicted molar refractivity (Wildman–Crippen MR) is 116 cm³/mol. The van der Waals surface area contributed by atoms with Crippen LogP contribution in [0.3, 0.4) is 0 Å². The molecule has 29 heavy (non-hydrogen) atoms. The zero-order chi connectivity index (χ0) is 20.4. The third-order valence-corrected chi connectivity index (χ3v) is 5.36. The average Bonchev–Trinajstić information content (AvgIpc) is 2.74. The van der Waals surface area contributed by atoms with Gasteiger partial charge in [0.1, 0.15) is 17.0 Å². The van der Waals surface area contributed by atoms with E-state index in [1.165, 1.54) is 0 Å². The standard InChI is InChI=1S/C25H24N2O2/c1-16-7-9-19(14-23(16)29-3)22(15-20-6-4-5-13-26-20)21-12-11-18-10-8-17(2)27-24(18)25(21)28/h4-14,22,28H,15H2,1-3H3. The second-order valence-corrected chi connectivity index (χ2v) is 7.33. The summed E-state index contributed by atoms with van der Waals surface area (Å²) >= 11 is 0. The normalized spacial score (nSPS) is 12.1. The zero-order valence-electron chi connectivity index (χ0n) is 16.9. The fourth-order valence-electron chi connectivity index (χ4n) is 3.76. The smallest absolute Gasteiger partial charge is 0.145 e. The van der Waals surface area contributed by atoms with Crippen LogP contribution in [0.15, 0.2) is 66.9 Å². The highest BCUT2D eigenvalue weighted by Gasteiger charge is 2.22. The van der Waals surface area contributed by atoms with Gasteiger partial charge >= 0.3 is 0 Å². The number of fused-ring (bicyclic) bond motifs is 1. The van der Waals surface area contributed by atoms with Gasteiger partial charge in [-0.1, -0.05) is 36.4 Å². The molecule has 4 heteroatoms. The van der Waals surface area contributed by atoms with Crippen molar-refractivity contribution < 1.29 is 9.84 Å². The molecule has 4 aromatic rings. The monoisotopic (exact) mass is 384 g/mol. The summed E-state index contributed by atoms with van der Waals surface area (Å²) in [5, 5.41) is 12.1. The molecule has 0 bridgehead atoms. The van der Waals surface area contributed by atoms with Crippen molar-refractivity contribution in [3.05, 3.63) is 94.9 Å². The molecule has 0 aliphatic heterocycles. The summed E-state index contributed by atoms with van der Waals surface area (Å²) in [6, 6.07) is 20.1. The van der Waals surface area contributed by atoms with Gasteiger partial charge in [0.2, 0.25) is 0 Å². The molecule has 0 saturated carbocycles. The van der Waals surface area contributed by atoms with Gasteiger partial charge in [-0.2, -0.15) is 0 Å². The predicted octanol–water partition coefficient (Wildman–Crippen LogP) is 5.34. The molecular weight excluding hydrogens is 360 g/mol. The summed E-state index contributed by atoms with van der Waals surface area (Å²) < 4.78 is 5.55. The molecule has 0 saturated heterocycles. The lowest BCUT2D eigenvalue weighted by molar-refractivity contribution is 0.410. The molecule has 2 aromatic heterocycles. The number of benzene rings is 2. The summed E-state index contributed by atoms with van der Waals surface area (Å²) in [7, 11) is 1.68. The maximum absolute atomic E-state index is 11.2. The summed E-state index contributed by atoms with van der Waals surface area (Å²) in [5.74, 6) is 0.987. The quantitative estimate of drug-likeness (QED) is 0.505. The first-order chi connectivity index (χ1) is 14.1. The molecule has 2 aromatic carbocycles. The van der Waals surface area contributed by atoms with E-state index in [4.69, 9.17) is 4.74 Å². The number of pyridine rings is 2. The Hall–Kier alpha value is -3.40. The van der Waals surface area contributed by atoms with E-state index in [1.54, 1.807) is 13.3 Å². The number of aromatic nitrogens is 2. The van der Waals surface area contributed by atoms with Crippen LogP contribution in [0.5, 0.6) is 11.5 Å². The molecule has 0 aliphatic rings. The van der Waals surface area contributed by atoms with Crippen LogP contribution in [-0.2, 0) is 6.42 Å². The van der Waals surface area contributed by atoms with Gasteiger partial charge in [-0.05, 0) is 49.2 Å². The van der Waals surface area contributed by atoms with Crippen LogP contribution in [0.4, 0.5) is 0 Å². The van der Waals surface area contributed by atoms with Crippen LogP contribution in [0, 0.1) is 13.8 Å². The minimum atomic E-state index is -0.0777. The molecule has 4 nitrogen and oxygen atoms in total. The number of hydrogen-bond acceptors (Lipinski definition) is 4. The van der Waals surface area contributed by atoms with E-state index in [0.29, 0.717) is 11.9 Å². The molecule has 0 fully saturated rings. The van der Waals surface area contributed by atoms with Crippen LogP contribution in [0.25, 0.3) is 10.9 Å². The Labute approximate surface area is 170 Å². The topological polar surface area (TPSA) is 55.2 Å². The van der Waals surface area contributed by atoms with E-state index in [9.17, 15) is 5.11 Å². The number of hydrogen-bond donors (Lipinski definition) is 1. The maximum atomic E-state index is 11.2. The first-order valence-electron chi connectivity index (χ1n) is 9.70. The van der Waals surface area contributed by atoms with Crippen molar-refractivity contribution >= 4 is 10.9 Å². The number of aryl methyl sites for hydroxylation is 2. The number of rotatable bonds is 5. The zero-order valence-corrected chi connectivity index (χ0v) is 16.9. The summed E-state index contributed by atoms with van der Waals surface area (Å²) in [5.41, 5.74) is 5.46. The molecule has 0 amide bonds. The van der Waals surface area contributed by atoms with Crippen LogP contribution < -0.4 is 4.74 Å². The summed E-state index contributed by atoms with van der Waals surface area (Å²) in [4.78, 5) is 9.08. The molecule has 1 atom stereocenters. The Bertz CT molecular complexity index is 1160. The number of phenolic OH excluding ortho intramolecular Hbond substituents is 1. The van der Waals surface area contributed by atoms with Crippen LogP contribution in [-0.4, -0.2) is 22.2 Å². The fourth-order valence-corrected chi connectivity index (χ4v) is 3.76. The Balaban J connectivity index is 1.88. The van der Waals surface area contributed by atoms with Gasteiger partial charge in [0.15, 0.2) is 0 Å². The molecule has 0 spiro atoms. The van der Waals surface area contributed by atoms with Gasteiger partial charge in [0.05, 0.1) is 7.11 Å². The van der Waals surface area contributed by atoms with Crippen LogP contribution in [0.2, 0.25) is 0 Å². The lowest BCUT2D eigenvalue weighted by Crippen LogP contribution is -2.08. The lowest BCUT2D eigenvalue weighted by atomic mass is 9.85. The van der Waals surface area contributed by atoms with Gasteiger partial charge in [0, 0.05) is 40.9 Å². The Morgan fingerprint density at radius 2 is 1.83 bits per heavy atom. The largest absolute Gasteiger partial charge is 0.505 e. The van der Waals surface area contributed by atoms with Gasteiger partial charge in [0.25, 0.3) is 0 Å². The maximum Gasteiger partial charge on any atom is 0.145 e. The highest BCUT2D eigenvalue weighted by Crippen LogP contribution is 2.39. The number of phenols is 1. The Morgan fingerprint density at radius 3 is 2.59 bits per heavy atom. The van der Waals surface area contributed by atoms with Crippen molar-refractivity contribution in [1.29, 1.82) is 0 Å². The van der Waals surface area contributed by atoms with Crippen molar-refractivity contribution in [2.45, 2.75) is 26.2 Å². The molecule has 2 heterocycles.